The molecule has 1 fully saturated rings. The summed E-state index contributed by atoms with van der Waals surface area (Å²) in [6, 6.07) is 15.9. The van der Waals surface area contributed by atoms with E-state index in [0.717, 1.165) is 29.3 Å². The van der Waals surface area contributed by atoms with Crippen molar-refractivity contribution in [3.05, 3.63) is 65.2 Å². The van der Waals surface area contributed by atoms with Gasteiger partial charge >= 0.3 is 0 Å². The number of methoxy groups -OCH3 is 1. The second-order valence-electron chi connectivity index (χ2n) is 7.69. The van der Waals surface area contributed by atoms with Crippen molar-refractivity contribution < 1.29 is 9.53 Å². The van der Waals surface area contributed by atoms with Crippen LogP contribution in [0.2, 0.25) is 0 Å². The summed E-state index contributed by atoms with van der Waals surface area (Å²) in [4.78, 5) is 17.0. The molecular formula is C23H30N2O2. The smallest absolute Gasteiger partial charge is 0.253 e. The Kier molecular flexibility index (Phi) is 6.51. The fourth-order valence-corrected chi connectivity index (χ4v) is 3.74. The van der Waals surface area contributed by atoms with E-state index >= 15 is 0 Å². The average Bonchev–Trinajstić information content (AvgIpc) is 2.68. The lowest BCUT2D eigenvalue weighted by molar-refractivity contribution is 0.0785. The molecule has 144 valence electrons. The minimum Gasteiger partial charge on any atom is -0.497 e. The predicted molar refractivity (Wildman–Crippen MR) is 109 cm³/mol. The monoisotopic (exact) mass is 366 g/mol. The number of carbonyl (C=O) groups is 1. The summed E-state index contributed by atoms with van der Waals surface area (Å²) in [5.74, 6) is 1.65. The quantitative estimate of drug-likeness (QED) is 0.768. The Morgan fingerprint density at radius 2 is 1.78 bits per heavy atom. The van der Waals surface area contributed by atoms with Gasteiger partial charge in [-0.05, 0) is 60.7 Å². The number of ether oxygens (including phenoxy) is 1. The van der Waals surface area contributed by atoms with Gasteiger partial charge in [-0.1, -0.05) is 31.2 Å². The van der Waals surface area contributed by atoms with Crippen molar-refractivity contribution in [1.29, 1.82) is 0 Å². The first kappa shape index (κ1) is 19.4. The molecule has 1 unspecified atom stereocenters. The van der Waals surface area contributed by atoms with Crippen molar-refractivity contribution in [2.24, 2.45) is 5.92 Å². The summed E-state index contributed by atoms with van der Waals surface area (Å²) in [5.41, 5.74) is 3.10. The normalized spacial score (nSPS) is 17.5. The molecule has 4 nitrogen and oxygen atoms in total. The van der Waals surface area contributed by atoms with E-state index in [-0.39, 0.29) is 5.91 Å². The maximum atomic E-state index is 12.7. The van der Waals surface area contributed by atoms with Crippen molar-refractivity contribution in [3.8, 4) is 5.75 Å². The van der Waals surface area contributed by atoms with Crippen molar-refractivity contribution in [1.82, 2.24) is 9.80 Å². The van der Waals surface area contributed by atoms with E-state index in [0.29, 0.717) is 6.54 Å². The van der Waals surface area contributed by atoms with Crippen LogP contribution in [0, 0.1) is 5.92 Å². The molecule has 1 atom stereocenters. The van der Waals surface area contributed by atoms with Gasteiger partial charge < -0.3 is 9.64 Å². The zero-order valence-corrected chi connectivity index (χ0v) is 16.6. The van der Waals surface area contributed by atoms with Crippen molar-refractivity contribution in [2.75, 3.05) is 27.2 Å². The molecule has 0 N–H and O–H groups in total. The van der Waals surface area contributed by atoms with Crippen molar-refractivity contribution in [2.45, 2.75) is 32.9 Å². The Morgan fingerprint density at radius 3 is 2.41 bits per heavy atom. The molecule has 1 heterocycles. The summed E-state index contributed by atoms with van der Waals surface area (Å²) in [6.07, 6.45) is 2.62. The molecule has 2 aromatic carbocycles. The molecule has 1 amide bonds. The summed E-state index contributed by atoms with van der Waals surface area (Å²) < 4.78 is 5.18. The van der Waals surface area contributed by atoms with E-state index < -0.39 is 0 Å². The van der Waals surface area contributed by atoms with Crippen LogP contribution in [0.5, 0.6) is 5.75 Å². The van der Waals surface area contributed by atoms with Crippen LogP contribution < -0.4 is 4.74 Å². The summed E-state index contributed by atoms with van der Waals surface area (Å²) in [6.45, 7) is 6.23. The first-order chi connectivity index (χ1) is 13.0. The highest BCUT2D eigenvalue weighted by atomic mass is 16.5. The van der Waals surface area contributed by atoms with Gasteiger partial charge in [0.2, 0.25) is 0 Å². The standard InChI is InChI=1S/C23H30N2O2/c1-18-5-4-14-25(15-18)17-20-6-10-21(11-7-20)23(26)24(2)16-19-8-12-22(27-3)13-9-19/h6-13,18H,4-5,14-17H2,1-3H3. The van der Waals surface area contributed by atoms with Crippen LogP contribution in [0.3, 0.4) is 0 Å². The van der Waals surface area contributed by atoms with Gasteiger partial charge in [0.25, 0.3) is 5.91 Å². The number of hydrogen-bond acceptors (Lipinski definition) is 3. The molecule has 0 radical (unpaired) electrons. The van der Waals surface area contributed by atoms with E-state index in [4.69, 9.17) is 4.74 Å². The van der Waals surface area contributed by atoms with Gasteiger partial charge in [-0.3, -0.25) is 9.69 Å². The van der Waals surface area contributed by atoms with Crippen LogP contribution in [-0.4, -0.2) is 43.0 Å². The van der Waals surface area contributed by atoms with Gasteiger partial charge in [-0.2, -0.15) is 0 Å². The molecule has 0 bridgehead atoms. The molecule has 0 spiro atoms. The zero-order valence-electron chi connectivity index (χ0n) is 16.6. The Morgan fingerprint density at radius 1 is 1.11 bits per heavy atom. The van der Waals surface area contributed by atoms with Gasteiger partial charge in [0, 0.05) is 32.2 Å². The molecule has 1 saturated heterocycles. The number of amides is 1. The Bertz CT molecular complexity index is 740. The molecule has 1 aliphatic heterocycles. The van der Waals surface area contributed by atoms with E-state index in [2.05, 4.69) is 24.0 Å². The van der Waals surface area contributed by atoms with E-state index in [9.17, 15) is 4.79 Å². The third kappa shape index (κ3) is 5.33. The van der Waals surface area contributed by atoms with Gasteiger partial charge in [0.15, 0.2) is 0 Å². The molecule has 0 aromatic heterocycles. The lowest BCUT2D eigenvalue weighted by Crippen LogP contribution is -2.33. The lowest BCUT2D eigenvalue weighted by Gasteiger charge is -2.30. The topological polar surface area (TPSA) is 32.8 Å². The van der Waals surface area contributed by atoms with Gasteiger partial charge in [-0.25, -0.2) is 0 Å². The molecule has 0 saturated carbocycles. The average molecular weight is 367 g/mol. The Hall–Kier alpha value is -2.33. The fourth-order valence-electron chi connectivity index (χ4n) is 3.74. The molecular weight excluding hydrogens is 336 g/mol. The van der Waals surface area contributed by atoms with Gasteiger partial charge in [0.05, 0.1) is 7.11 Å². The largest absolute Gasteiger partial charge is 0.497 e. The number of nitrogens with zero attached hydrogens (tertiary/aromatic N) is 2. The number of piperidine rings is 1. The highest BCUT2D eigenvalue weighted by molar-refractivity contribution is 5.94. The van der Waals surface area contributed by atoms with Crippen LogP contribution in [0.25, 0.3) is 0 Å². The maximum Gasteiger partial charge on any atom is 0.253 e. The molecule has 0 aliphatic carbocycles. The number of carbonyl (C=O) groups excluding carboxylic acids is 1. The minimum absolute atomic E-state index is 0.0453. The Labute approximate surface area is 162 Å². The summed E-state index contributed by atoms with van der Waals surface area (Å²) in [5, 5.41) is 0. The van der Waals surface area contributed by atoms with Crippen LogP contribution in [0.15, 0.2) is 48.5 Å². The zero-order chi connectivity index (χ0) is 19.2. The van der Waals surface area contributed by atoms with Crippen LogP contribution >= 0.6 is 0 Å². The van der Waals surface area contributed by atoms with Crippen molar-refractivity contribution in [3.63, 3.8) is 0 Å². The molecule has 27 heavy (non-hydrogen) atoms. The number of rotatable bonds is 6. The Balaban J connectivity index is 1.57. The second kappa shape index (κ2) is 9.05. The van der Waals surface area contributed by atoms with Crippen LogP contribution in [0.1, 0.15) is 41.3 Å². The number of likely N-dealkylation sites (tertiary alicyclic amines) is 1. The fraction of sp³-hybridized carbons (Fsp3) is 0.435. The third-order valence-electron chi connectivity index (χ3n) is 5.27. The minimum atomic E-state index is 0.0453. The van der Waals surface area contributed by atoms with Gasteiger partial charge in [0.1, 0.15) is 5.75 Å². The molecule has 3 rings (SSSR count). The van der Waals surface area contributed by atoms with E-state index in [1.807, 2.05) is 43.4 Å². The molecule has 1 aliphatic rings. The number of hydrogen-bond donors (Lipinski definition) is 0. The summed E-state index contributed by atoms with van der Waals surface area (Å²) in [7, 11) is 3.50. The maximum absolute atomic E-state index is 12.7. The highest BCUT2D eigenvalue weighted by Crippen LogP contribution is 2.19. The second-order valence-corrected chi connectivity index (χ2v) is 7.69. The highest BCUT2D eigenvalue weighted by Gasteiger charge is 2.17. The summed E-state index contributed by atoms with van der Waals surface area (Å²) >= 11 is 0. The van der Waals surface area contributed by atoms with E-state index in [1.165, 1.54) is 31.5 Å². The molecule has 4 heteroatoms. The third-order valence-corrected chi connectivity index (χ3v) is 5.27. The molecule has 2 aromatic rings. The van der Waals surface area contributed by atoms with Crippen LogP contribution in [0.4, 0.5) is 0 Å². The first-order valence-electron chi connectivity index (χ1n) is 9.75. The van der Waals surface area contributed by atoms with Gasteiger partial charge in [-0.15, -0.1) is 0 Å². The lowest BCUT2D eigenvalue weighted by atomic mass is 9.99. The van der Waals surface area contributed by atoms with Crippen LogP contribution in [-0.2, 0) is 13.1 Å². The number of benzene rings is 2. The predicted octanol–water partition coefficient (Wildman–Crippen LogP) is 4.20. The van der Waals surface area contributed by atoms with E-state index in [1.54, 1.807) is 12.0 Å². The first-order valence-corrected chi connectivity index (χ1v) is 9.75. The SMILES string of the molecule is COc1ccc(CN(C)C(=O)c2ccc(CN3CCCC(C)C3)cc2)cc1. The van der Waals surface area contributed by atoms with Crippen molar-refractivity contribution >= 4 is 5.91 Å².